The molecule has 148 valence electrons. The van der Waals surface area contributed by atoms with Crippen molar-refractivity contribution in [1.29, 1.82) is 5.26 Å². The van der Waals surface area contributed by atoms with Crippen LogP contribution in [0.2, 0.25) is 0 Å². The Labute approximate surface area is 177 Å². The third kappa shape index (κ3) is 5.66. The second kappa shape index (κ2) is 9.85. The predicted molar refractivity (Wildman–Crippen MR) is 123 cm³/mol. The van der Waals surface area contributed by atoms with Gasteiger partial charge in [-0.3, -0.25) is 0 Å². The van der Waals surface area contributed by atoms with E-state index in [1.165, 1.54) is 11.1 Å². The van der Waals surface area contributed by atoms with Gasteiger partial charge in [0.25, 0.3) is 0 Å². The van der Waals surface area contributed by atoms with Gasteiger partial charge in [-0.15, -0.1) is 0 Å². The van der Waals surface area contributed by atoms with E-state index in [0.717, 1.165) is 29.4 Å². The van der Waals surface area contributed by atoms with Crippen LogP contribution in [0.25, 0.3) is 10.9 Å². The van der Waals surface area contributed by atoms with Crippen LogP contribution in [0.1, 0.15) is 28.7 Å². The second-order valence-corrected chi connectivity index (χ2v) is 7.43. The van der Waals surface area contributed by atoms with Crippen molar-refractivity contribution in [3.63, 3.8) is 0 Å². The molecule has 0 saturated carbocycles. The van der Waals surface area contributed by atoms with Gasteiger partial charge in [0.05, 0.1) is 11.1 Å². The summed E-state index contributed by atoms with van der Waals surface area (Å²) in [5, 5.41) is 20.8. The van der Waals surface area contributed by atoms with Crippen LogP contribution in [0, 0.1) is 25.2 Å². The number of fused-ring (bicyclic) bond motifs is 1. The van der Waals surface area contributed by atoms with Gasteiger partial charge >= 0.3 is 0 Å². The molecule has 29 heavy (non-hydrogen) atoms. The lowest BCUT2D eigenvalue weighted by Crippen LogP contribution is -2.35. The van der Waals surface area contributed by atoms with E-state index in [4.69, 9.17) is 17.2 Å². The number of aromatic nitrogens is 1. The number of hydrogen-bond acceptors (Lipinski definition) is 4. The van der Waals surface area contributed by atoms with Crippen LogP contribution in [0.3, 0.4) is 0 Å². The summed E-state index contributed by atoms with van der Waals surface area (Å²) in [5.74, 6) is 0.636. The summed E-state index contributed by atoms with van der Waals surface area (Å²) >= 11 is 5.32. The molecule has 3 rings (SSSR count). The Hall–Kier alpha value is -3.17. The summed E-state index contributed by atoms with van der Waals surface area (Å²) in [5.41, 5.74) is 4.97. The van der Waals surface area contributed by atoms with Crippen LogP contribution in [-0.2, 0) is 6.54 Å². The molecule has 0 amide bonds. The molecule has 0 aliphatic carbocycles. The first-order chi connectivity index (χ1) is 14.1. The largest absolute Gasteiger partial charge is 0.369 e. The SMILES string of the molecule is Cc1cc(C)c2nc(NCCCNC(=S)NCc3ccccc3)c(C#N)cc2c1. The van der Waals surface area contributed by atoms with Crippen LogP contribution < -0.4 is 16.0 Å². The van der Waals surface area contributed by atoms with Gasteiger partial charge < -0.3 is 16.0 Å². The van der Waals surface area contributed by atoms with Gasteiger partial charge in [-0.25, -0.2) is 4.98 Å². The van der Waals surface area contributed by atoms with Gasteiger partial charge in [0.15, 0.2) is 5.11 Å². The van der Waals surface area contributed by atoms with Crippen LogP contribution in [0.15, 0.2) is 48.5 Å². The van der Waals surface area contributed by atoms with E-state index in [9.17, 15) is 5.26 Å². The predicted octanol–water partition coefficient (Wildman–Crippen LogP) is 4.19. The molecule has 0 spiro atoms. The monoisotopic (exact) mass is 403 g/mol. The van der Waals surface area contributed by atoms with E-state index in [-0.39, 0.29) is 0 Å². The highest BCUT2D eigenvalue weighted by Crippen LogP contribution is 2.24. The summed E-state index contributed by atoms with van der Waals surface area (Å²) in [6.45, 7) is 6.24. The molecule has 1 heterocycles. The summed E-state index contributed by atoms with van der Waals surface area (Å²) in [7, 11) is 0. The first kappa shape index (κ1) is 20.6. The molecule has 0 fully saturated rings. The van der Waals surface area contributed by atoms with Crippen LogP contribution in [-0.4, -0.2) is 23.2 Å². The zero-order valence-corrected chi connectivity index (χ0v) is 17.6. The Bertz CT molecular complexity index is 1040. The lowest BCUT2D eigenvalue weighted by Gasteiger charge is -2.12. The van der Waals surface area contributed by atoms with Crippen molar-refractivity contribution in [3.05, 3.63) is 70.8 Å². The van der Waals surface area contributed by atoms with Crippen LogP contribution in [0.4, 0.5) is 5.82 Å². The fraction of sp³-hybridized carbons (Fsp3) is 0.261. The molecule has 0 bridgehead atoms. The number of anilines is 1. The molecule has 0 aliphatic rings. The fourth-order valence-electron chi connectivity index (χ4n) is 3.21. The Morgan fingerprint density at radius 3 is 2.62 bits per heavy atom. The molecule has 3 aromatic rings. The molecule has 0 atom stereocenters. The minimum atomic E-state index is 0.565. The molecular weight excluding hydrogens is 378 g/mol. The zero-order valence-electron chi connectivity index (χ0n) is 16.7. The first-order valence-electron chi connectivity index (χ1n) is 9.68. The van der Waals surface area contributed by atoms with Crippen LogP contribution >= 0.6 is 12.2 Å². The summed E-state index contributed by atoms with van der Waals surface area (Å²) in [4.78, 5) is 4.69. The lowest BCUT2D eigenvalue weighted by atomic mass is 10.1. The van der Waals surface area contributed by atoms with Crippen molar-refractivity contribution in [1.82, 2.24) is 15.6 Å². The van der Waals surface area contributed by atoms with Gasteiger partial charge in [0.2, 0.25) is 0 Å². The highest BCUT2D eigenvalue weighted by molar-refractivity contribution is 7.80. The minimum absolute atomic E-state index is 0.565. The number of rotatable bonds is 7. The molecule has 5 nitrogen and oxygen atoms in total. The van der Waals surface area contributed by atoms with Gasteiger partial charge in [0, 0.05) is 25.0 Å². The zero-order chi connectivity index (χ0) is 20.6. The summed E-state index contributed by atoms with van der Waals surface area (Å²) in [6, 6.07) is 18.5. The van der Waals surface area contributed by atoms with Gasteiger partial charge in [-0.05, 0) is 55.7 Å². The van der Waals surface area contributed by atoms with Crippen molar-refractivity contribution in [2.24, 2.45) is 0 Å². The molecule has 3 N–H and O–H groups in total. The summed E-state index contributed by atoms with van der Waals surface area (Å²) < 4.78 is 0. The lowest BCUT2D eigenvalue weighted by molar-refractivity contribution is 0.776. The Morgan fingerprint density at radius 1 is 1.07 bits per heavy atom. The van der Waals surface area contributed by atoms with E-state index >= 15 is 0 Å². The average molecular weight is 404 g/mol. The second-order valence-electron chi connectivity index (χ2n) is 7.03. The third-order valence-electron chi connectivity index (χ3n) is 4.60. The molecule has 2 aromatic carbocycles. The maximum atomic E-state index is 9.48. The molecule has 0 saturated heterocycles. The molecular formula is C23H25N5S. The number of nitrogens with one attached hydrogen (secondary N) is 3. The first-order valence-corrected chi connectivity index (χ1v) is 10.1. The third-order valence-corrected chi connectivity index (χ3v) is 4.89. The quantitative estimate of drug-likeness (QED) is 0.406. The minimum Gasteiger partial charge on any atom is -0.369 e. The number of aryl methyl sites for hydroxylation is 2. The highest BCUT2D eigenvalue weighted by Gasteiger charge is 2.08. The van der Waals surface area contributed by atoms with Crippen molar-refractivity contribution < 1.29 is 0 Å². The molecule has 0 aliphatic heterocycles. The number of nitrogens with zero attached hydrogens (tertiary/aromatic N) is 2. The van der Waals surface area contributed by atoms with E-state index in [0.29, 0.717) is 29.6 Å². The van der Waals surface area contributed by atoms with Crippen LogP contribution in [0.5, 0.6) is 0 Å². The Morgan fingerprint density at radius 2 is 1.86 bits per heavy atom. The van der Waals surface area contributed by atoms with E-state index in [1.807, 2.05) is 31.2 Å². The molecule has 6 heteroatoms. The van der Waals surface area contributed by atoms with Gasteiger partial charge in [0.1, 0.15) is 11.9 Å². The van der Waals surface area contributed by atoms with Crippen molar-refractivity contribution in [2.75, 3.05) is 18.4 Å². The fourth-order valence-corrected chi connectivity index (χ4v) is 3.38. The molecule has 0 radical (unpaired) electrons. The standard InChI is InChI=1S/C23H25N5S/c1-16-11-17(2)21-19(12-16)13-20(14-24)22(28-21)25-9-6-10-26-23(29)27-15-18-7-4-3-5-8-18/h3-5,7-8,11-13H,6,9-10,15H2,1-2H3,(H,25,28)(H2,26,27,29). The maximum absolute atomic E-state index is 9.48. The number of nitriles is 1. The van der Waals surface area contributed by atoms with Gasteiger partial charge in [-0.2, -0.15) is 5.26 Å². The van der Waals surface area contributed by atoms with E-state index in [2.05, 4.69) is 53.2 Å². The van der Waals surface area contributed by atoms with Crippen molar-refractivity contribution in [2.45, 2.75) is 26.8 Å². The smallest absolute Gasteiger partial charge is 0.166 e. The Kier molecular flexibility index (Phi) is 6.99. The average Bonchev–Trinajstić information content (AvgIpc) is 2.72. The number of benzene rings is 2. The topological polar surface area (TPSA) is 72.8 Å². The molecule has 1 aromatic heterocycles. The normalized spacial score (nSPS) is 10.4. The maximum Gasteiger partial charge on any atom is 0.166 e. The molecule has 0 unspecified atom stereocenters. The summed E-state index contributed by atoms with van der Waals surface area (Å²) in [6.07, 6.45) is 0.852. The van der Waals surface area contributed by atoms with E-state index < -0.39 is 0 Å². The number of pyridine rings is 1. The number of hydrogen-bond donors (Lipinski definition) is 3. The highest BCUT2D eigenvalue weighted by atomic mass is 32.1. The Balaban J connectivity index is 1.48. The number of thiocarbonyl (C=S) groups is 1. The van der Waals surface area contributed by atoms with E-state index in [1.54, 1.807) is 0 Å². The van der Waals surface area contributed by atoms with Crippen molar-refractivity contribution in [3.8, 4) is 6.07 Å². The van der Waals surface area contributed by atoms with Gasteiger partial charge in [-0.1, -0.05) is 42.0 Å². The van der Waals surface area contributed by atoms with Crippen molar-refractivity contribution >= 4 is 34.1 Å².